The van der Waals surface area contributed by atoms with Crippen LogP contribution in [0.1, 0.15) is 23.2 Å². The lowest BCUT2D eigenvalue weighted by Crippen LogP contribution is -2.25. The predicted octanol–water partition coefficient (Wildman–Crippen LogP) is 3.88. The van der Waals surface area contributed by atoms with Gasteiger partial charge in [-0.3, -0.25) is 4.79 Å². The fourth-order valence-corrected chi connectivity index (χ4v) is 2.23. The summed E-state index contributed by atoms with van der Waals surface area (Å²) in [5, 5.41) is 8.75. The van der Waals surface area contributed by atoms with Crippen LogP contribution in [0.5, 0.6) is 0 Å². The van der Waals surface area contributed by atoms with E-state index in [9.17, 15) is 9.59 Å². The highest BCUT2D eigenvalue weighted by Gasteiger charge is 2.23. The zero-order valence-corrected chi connectivity index (χ0v) is 13.1. The molecule has 2 aromatic carbocycles. The van der Waals surface area contributed by atoms with Crippen LogP contribution in [0, 0.1) is 0 Å². The van der Waals surface area contributed by atoms with Gasteiger partial charge in [-0.25, -0.2) is 4.79 Å². The average molecular weight is 330 g/mol. The van der Waals surface area contributed by atoms with Gasteiger partial charge in [-0.15, -0.1) is 0 Å². The van der Waals surface area contributed by atoms with E-state index in [1.807, 2.05) is 0 Å². The van der Waals surface area contributed by atoms with Crippen molar-refractivity contribution in [2.45, 2.75) is 18.9 Å². The van der Waals surface area contributed by atoms with E-state index in [2.05, 4.69) is 16.0 Å². The lowest BCUT2D eigenvalue weighted by Gasteiger charge is -2.09. The minimum atomic E-state index is -0.395. The Kier molecular flexibility index (Phi) is 4.48. The summed E-state index contributed by atoms with van der Waals surface area (Å²) in [4.78, 5) is 23.8. The van der Waals surface area contributed by atoms with Crippen molar-refractivity contribution in [3.8, 4) is 0 Å². The first-order valence-electron chi connectivity index (χ1n) is 7.35. The first kappa shape index (κ1) is 15.4. The first-order chi connectivity index (χ1) is 11.1. The van der Waals surface area contributed by atoms with E-state index >= 15 is 0 Å². The number of hydrogen-bond acceptors (Lipinski definition) is 2. The van der Waals surface area contributed by atoms with Gasteiger partial charge in [-0.2, -0.15) is 0 Å². The molecule has 0 saturated heterocycles. The summed E-state index contributed by atoms with van der Waals surface area (Å²) in [7, 11) is 0. The van der Waals surface area contributed by atoms with Crippen LogP contribution in [-0.4, -0.2) is 18.0 Å². The van der Waals surface area contributed by atoms with Gasteiger partial charge in [0.2, 0.25) is 0 Å². The Labute approximate surface area is 139 Å². The van der Waals surface area contributed by atoms with Crippen LogP contribution in [0.4, 0.5) is 16.2 Å². The van der Waals surface area contributed by atoms with Crippen LogP contribution in [0.15, 0.2) is 48.5 Å². The van der Waals surface area contributed by atoms with Gasteiger partial charge in [0, 0.05) is 17.3 Å². The van der Waals surface area contributed by atoms with Crippen LogP contribution >= 0.6 is 11.6 Å². The lowest BCUT2D eigenvalue weighted by atomic mass is 10.2. The van der Waals surface area contributed by atoms with Crippen molar-refractivity contribution in [3.05, 3.63) is 59.1 Å². The maximum absolute atomic E-state index is 11.9. The van der Waals surface area contributed by atoms with E-state index in [1.54, 1.807) is 48.5 Å². The molecule has 1 aliphatic carbocycles. The summed E-state index contributed by atoms with van der Waals surface area (Å²) in [6.07, 6.45) is 2.10. The number of amides is 3. The van der Waals surface area contributed by atoms with Gasteiger partial charge in [0.25, 0.3) is 5.91 Å². The molecule has 3 N–H and O–H groups in total. The summed E-state index contributed by atoms with van der Waals surface area (Å²) in [6.45, 7) is 0. The van der Waals surface area contributed by atoms with Gasteiger partial charge in [-0.05, 0) is 49.2 Å². The molecule has 23 heavy (non-hydrogen) atoms. The Morgan fingerprint density at radius 2 is 1.65 bits per heavy atom. The molecule has 2 aromatic rings. The monoisotopic (exact) mass is 329 g/mol. The van der Waals surface area contributed by atoms with Crippen LogP contribution in [0.3, 0.4) is 0 Å². The number of halogens is 1. The van der Waals surface area contributed by atoms with Gasteiger partial charge in [0.15, 0.2) is 0 Å². The van der Waals surface area contributed by atoms with Gasteiger partial charge >= 0.3 is 6.03 Å². The third-order valence-corrected chi connectivity index (χ3v) is 3.77. The second kappa shape index (κ2) is 6.71. The third kappa shape index (κ3) is 4.23. The van der Waals surface area contributed by atoms with Crippen LogP contribution in [0.2, 0.25) is 5.02 Å². The molecule has 0 unspecified atom stereocenters. The molecule has 1 aliphatic rings. The van der Waals surface area contributed by atoms with Crippen molar-refractivity contribution in [3.63, 3.8) is 0 Å². The van der Waals surface area contributed by atoms with Crippen molar-refractivity contribution >= 4 is 34.9 Å². The fourth-order valence-electron chi connectivity index (χ4n) is 2.05. The number of urea groups is 1. The van der Waals surface area contributed by atoms with Crippen molar-refractivity contribution in [2.75, 3.05) is 10.6 Å². The summed E-state index contributed by atoms with van der Waals surface area (Å²) in [5.74, 6) is -0.0837. The second-order valence-corrected chi connectivity index (χ2v) is 5.79. The quantitative estimate of drug-likeness (QED) is 0.796. The molecule has 1 saturated carbocycles. The number of hydrogen-bond donors (Lipinski definition) is 3. The number of anilines is 2. The Hall–Kier alpha value is -2.53. The highest BCUT2D eigenvalue weighted by atomic mass is 35.5. The van der Waals surface area contributed by atoms with Crippen LogP contribution < -0.4 is 16.0 Å². The summed E-state index contributed by atoms with van der Waals surface area (Å²) in [5.41, 5.74) is 1.71. The first-order valence-corrected chi connectivity index (χ1v) is 7.73. The zero-order chi connectivity index (χ0) is 16.2. The molecule has 3 rings (SSSR count). The topological polar surface area (TPSA) is 70.2 Å². The van der Waals surface area contributed by atoms with Gasteiger partial charge in [0.05, 0.1) is 10.7 Å². The predicted molar refractivity (Wildman–Crippen MR) is 91.0 cm³/mol. The number of carbonyl (C=O) groups is 2. The molecule has 0 aromatic heterocycles. The number of para-hydroxylation sites is 1. The number of carbonyl (C=O) groups excluding carboxylic acids is 2. The number of rotatable bonds is 4. The summed E-state index contributed by atoms with van der Waals surface area (Å²) >= 11 is 5.99. The molecule has 0 radical (unpaired) electrons. The molecule has 3 amide bonds. The van der Waals surface area contributed by atoms with E-state index in [0.29, 0.717) is 28.0 Å². The van der Waals surface area contributed by atoms with Gasteiger partial charge in [-0.1, -0.05) is 23.7 Å². The van der Waals surface area contributed by atoms with Crippen molar-refractivity contribution in [1.29, 1.82) is 0 Å². The molecule has 0 aliphatic heterocycles. The largest absolute Gasteiger partial charge is 0.349 e. The van der Waals surface area contributed by atoms with Crippen LogP contribution in [0.25, 0.3) is 0 Å². The van der Waals surface area contributed by atoms with E-state index in [0.717, 1.165) is 12.8 Å². The summed E-state index contributed by atoms with van der Waals surface area (Å²) < 4.78 is 0. The SMILES string of the molecule is O=C(Nc1ccc(C(=O)NC2CC2)cc1)Nc1ccccc1Cl. The second-order valence-electron chi connectivity index (χ2n) is 5.38. The van der Waals surface area contributed by atoms with Gasteiger partial charge < -0.3 is 16.0 Å². The average Bonchev–Trinajstić information content (AvgIpc) is 3.34. The summed E-state index contributed by atoms with van der Waals surface area (Å²) in [6, 6.07) is 13.7. The molecule has 0 spiro atoms. The van der Waals surface area contributed by atoms with E-state index in [1.165, 1.54) is 0 Å². The Morgan fingerprint density at radius 1 is 0.957 bits per heavy atom. The Balaban J connectivity index is 1.58. The highest BCUT2D eigenvalue weighted by Crippen LogP contribution is 2.21. The van der Waals surface area contributed by atoms with Crippen molar-refractivity contribution < 1.29 is 9.59 Å². The minimum absolute atomic E-state index is 0.0837. The molecular formula is C17H16ClN3O2. The molecule has 118 valence electrons. The zero-order valence-electron chi connectivity index (χ0n) is 12.3. The molecule has 5 nitrogen and oxygen atoms in total. The van der Waals surface area contributed by atoms with Gasteiger partial charge in [0.1, 0.15) is 0 Å². The van der Waals surface area contributed by atoms with E-state index in [4.69, 9.17) is 11.6 Å². The van der Waals surface area contributed by atoms with Crippen molar-refractivity contribution in [2.24, 2.45) is 0 Å². The normalized spacial score (nSPS) is 13.3. The molecule has 0 bridgehead atoms. The fraction of sp³-hybridized carbons (Fsp3) is 0.176. The molecule has 6 heteroatoms. The number of nitrogens with one attached hydrogen (secondary N) is 3. The Morgan fingerprint density at radius 3 is 2.30 bits per heavy atom. The minimum Gasteiger partial charge on any atom is -0.349 e. The van der Waals surface area contributed by atoms with Crippen LogP contribution in [-0.2, 0) is 0 Å². The molecular weight excluding hydrogens is 314 g/mol. The number of benzene rings is 2. The maximum Gasteiger partial charge on any atom is 0.323 e. The standard InChI is InChI=1S/C17H16ClN3O2/c18-14-3-1-2-4-15(14)21-17(23)20-13-7-5-11(6-8-13)16(22)19-12-9-10-12/h1-8,12H,9-10H2,(H,19,22)(H2,20,21,23). The third-order valence-electron chi connectivity index (χ3n) is 3.44. The van der Waals surface area contributed by atoms with E-state index < -0.39 is 6.03 Å². The molecule has 0 heterocycles. The highest BCUT2D eigenvalue weighted by molar-refractivity contribution is 6.33. The lowest BCUT2D eigenvalue weighted by molar-refractivity contribution is 0.0951. The molecule has 1 fully saturated rings. The van der Waals surface area contributed by atoms with Crippen molar-refractivity contribution in [1.82, 2.24) is 5.32 Å². The smallest absolute Gasteiger partial charge is 0.323 e. The van der Waals surface area contributed by atoms with E-state index in [-0.39, 0.29) is 5.91 Å². The Bertz CT molecular complexity index is 727. The maximum atomic E-state index is 11.9. The molecule has 0 atom stereocenters.